The van der Waals surface area contributed by atoms with Crippen LogP contribution in [0.25, 0.3) is 11.2 Å². The Hall–Kier alpha value is -2.94. The summed E-state index contributed by atoms with van der Waals surface area (Å²) in [5.41, 5.74) is -1.03. The van der Waals surface area contributed by atoms with Crippen LogP contribution < -0.4 is 11.2 Å². The minimum absolute atomic E-state index is 0.0659. The lowest BCUT2D eigenvalue weighted by Crippen LogP contribution is -2.31. The van der Waals surface area contributed by atoms with Gasteiger partial charge in [-0.1, -0.05) is 31.0 Å². The smallest absolute Gasteiger partial charge is 0.343 e. The Kier molecular flexibility index (Phi) is 6.17. The van der Waals surface area contributed by atoms with Gasteiger partial charge in [0.2, 0.25) is 0 Å². The van der Waals surface area contributed by atoms with Gasteiger partial charge in [-0.15, -0.1) is 0 Å². The van der Waals surface area contributed by atoms with Gasteiger partial charge in [-0.05, 0) is 25.5 Å². The third-order valence-electron chi connectivity index (χ3n) is 4.52. The molecule has 3 aromatic rings. The van der Waals surface area contributed by atoms with Crippen LogP contribution in [0.3, 0.4) is 0 Å². The molecule has 154 valence electrons. The Balaban J connectivity index is 1.99. The summed E-state index contributed by atoms with van der Waals surface area (Å²) in [5.74, 6) is -1.47. The van der Waals surface area contributed by atoms with E-state index in [0.29, 0.717) is 13.1 Å². The van der Waals surface area contributed by atoms with Crippen molar-refractivity contribution in [3.63, 3.8) is 0 Å². The van der Waals surface area contributed by atoms with Gasteiger partial charge in [0.15, 0.2) is 11.2 Å². The molecule has 1 N–H and O–H groups in total. The maximum atomic E-state index is 13.9. The highest BCUT2D eigenvalue weighted by Gasteiger charge is 2.21. The van der Waals surface area contributed by atoms with E-state index in [4.69, 9.17) is 16.3 Å². The molecule has 0 spiro atoms. The van der Waals surface area contributed by atoms with E-state index in [1.807, 2.05) is 6.92 Å². The molecule has 10 heteroatoms. The van der Waals surface area contributed by atoms with Gasteiger partial charge in [0.05, 0.1) is 5.02 Å². The molecule has 0 radical (unpaired) electrons. The largest absolute Gasteiger partial charge is 0.454 e. The second-order valence-corrected chi connectivity index (χ2v) is 6.79. The van der Waals surface area contributed by atoms with Gasteiger partial charge in [-0.2, -0.15) is 0 Å². The van der Waals surface area contributed by atoms with Crippen molar-refractivity contribution in [2.45, 2.75) is 46.4 Å². The third-order valence-corrected chi connectivity index (χ3v) is 4.83. The molecule has 2 aromatic heterocycles. The summed E-state index contributed by atoms with van der Waals surface area (Å²) in [6.07, 6.45) is 1.59. The van der Waals surface area contributed by atoms with E-state index < -0.39 is 23.0 Å². The highest BCUT2D eigenvalue weighted by Crippen LogP contribution is 2.21. The molecule has 8 nitrogen and oxygen atoms in total. The molecular formula is C19H20ClFN4O4. The third kappa shape index (κ3) is 3.95. The summed E-state index contributed by atoms with van der Waals surface area (Å²) in [7, 11) is 0. The molecule has 0 amide bonds. The van der Waals surface area contributed by atoms with Crippen molar-refractivity contribution in [1.82, 2.24) is 19.1 Å². The molecule has 0 saturated heterocycles. The Morgan fingerprint density at radius 2 is 2.03 bits per heavy atom. The summed E-state index contributed by atoms with van der Waals surface area (Å²) in [6, 6.07) is 3.87. The number of aromatic nitrogens is 4. The number of benzene rings is 1. The van der Waals surface area contributed by atoms with Crippen LogP contribution in [0.4, 0.5) is 4.39 Å². The topological polar surface area (TPSA) is 99.0 Å². The fourth-order valence-corrected chi connectivity index (χ4v) is 3.33. The number of aryl methyl sites for hydroxylation is 2. The number of carbonyl (C=O) groups is 1. The van der Waals surface area contributed by atoms with Crippen LogP contribution in [-0.2, 0) is 24.4 Å². The van der Waals surface area contributed by atoms with Crippen LogP contribution in [0.1, 0.15) is 42.9 Å². The van der Waals surface area contributed by atoms with Gasteiger partial charge in [0, 0.05) is 13.1 Å². The molecule has 0 atom stereocenters. The van der Waals surface area contributed by atoms with Crippen molar-refractivity contribution in [1.29, 1.82) is 0 Å². The number of nitrogens with one attached hydrogen (secondary N) is 1. The fourth-order valence-electron chi connectivity index (χ4n) is 3.09. The average Bonchev–Trinajstić information content (AvgIpc) is 3.05. The number of halogens is 2. The van der Waals surface area contributed by atoms with Gasteiger partial charge in [-0.3, -0.25) is 14.3 Å². The summed E-state index contributed by atoms with van der Waals surface area (Å²) < 4.78 is 22.1. The molecular weight excluding hydrogens is 403 g/mol. The normalized spacial score (nSPS) is 11.2. The van der Waals surface area contributed by atoms with E-state index >= 15 is 0 Å². The van der Waals surface area contributed by atoms with E-state index in [1.165, 1.54) is 16.7 Å². The number of fused-ring (bicyclic) bond motifs is 1. The summed E-state index contributed by atoms with van der Waals surface area (Å²) in [6.45, 7) is 4.22. The number of imidazole rings is 1. The summed E-state index contributed by atoms with van der Waals surface area (Å²) in [4.78, 5) is 43.5. The van der Waals surface area contributed by atoms with Gasteiger partial charge >= 0.3 is 11.7 Å². The molecule has 2 heterocycles. The van der Waals surface area contributed by atoms with Crippen molar-refractivity contribution in [2.24, 2.45) is 0 Å². The zero-order chi connectivity index (χ0) is 21.1. The van der Waals surface area contributed by atoms with Crippen LogP contribution in [0.15, 0.2) is 27.8 Å². The lowest BCUT2D eigenvalue weighted by molar-refractivity contribution is 0.0453. The number of hydrogen-bond acceptors (Lipinski definition) is 5. The first-order valence-corrected chi connectivity index (χ1v) is 9.60. The number of ether oxygens (including phenoxy) is 1. The first kappa shape index (κ1) is 20.8. The van der Waals surface area contributed by atoms with Gasteiger partial charge < -0.3 is 9.30 Å². The van der Waals surface area contributed by atoms with Crippen LogP contribution >= 0.6 is 11.6 Å². The first-order valence-electron chi connectivity index (χ1n) is 9.22. The molecule has 3 rings (SSSR count). The molecule has 0 bridgehead atoms. The number of carbonyl (C=O) groups excluding carboxylic acids is 1. The lowest BCUT2D eigenvalue weighted by atomic mass is 10.2. The Morgan fingerprint density at radius 1 is 1.28 bits per heavy atom. The Bertz CT molecular complexity index is 1160. The molecule has 1 aromatic carbocycles. The summed E-state index contributed by atoms with van der Waals surface area (Å²) in [5, 5.41) is -0.0659. The van der Waals surface area contributed by atoms with E-state index in [-0.39, 0.29) is 34.2 Å². The molecule has 0 fully saturated rings. The van der Waals surface area contributed by atoms with Crippen LogP contribution in [0, 0.1) is 5.82 Å². The van der Waals surface area contributed by atoms with Crippen molar-refractivity contribution in [2.75, 3.05) is 0 Å². The second kappa shape index (κ2) is 8.60. The van der Waals surface area contributed by atoms with E-state index in [9.17, 15) is 18.8 Å². The van der Waals surface area contributed by atoms with Crippen molar-refractivity contribution < 1.29 is 13.9 Å². The second-order valence-electron chi connectivity index (χ2n) is 6.38. The van der Waals surface area contributed by atoms with Crippen LogP contribution in [-0.4, -0.2) is 25.1 Å². The minimum atomic E-state index is -0.944. The van der Waals surface area contributed by atoms with Crippen molar-refractivity contribution >= 4 is 28.7 Å². The fraction of sp³-hybridized carbons (Fsp3) is 0.368. The van der Waals surface area contributed by atoms with Gasteiger partial charge in [0.25, 0.3) is 5.56 Å². The van der Waals surface area contributed by atoms with Gasteiger partial charge in [-0.25, -0.2) is 19.0 Å². The predicted octanol–water partition coefficient (Wildman–Crippen LogP) is 2.86. The summed E-state index contributed by atoms with van der Waals surface area (Å²) >= 11 is 5.89. The van der Waals surface area contributed by atoms with Gasteiger partial charge in [0.1, 0.15) is 23.8 Å². The lowest BCUT2D eigenvalue weighted by Gasteiger charge is -2.08. The highest BCUT2D eigenvalue weighted by molar-refractivity contribution is 6.33. The van der Waals surface area contributed by atoms with Crippen molar-refractivity contribution in [3.8, 4) is 0 Å². The number of aromatic amines is 1. The Morgan fingerprint density at radius 3 is 2.69 bits per heavy atom. The standard InChI is InChI=1S/C19H20ClFN4O4/c1-3-5-9-25-16-15(17(26)23-19(25)28)24(4-2)13(22-16)10-29-18(27)14-11(20)7-6-8-12(14)21/h6-8H,3-5,9-10H2,1-2H3,(H,23,26,28). The highest BCUT2D eigenvalue weighted by atomic mass is 35.5. The SMILES string of the molecule is CCCCn1c(=O)[nH]c(=O)c2c1nc(COC(=O)c1c(F)cccc1Cl)n2CC. The number of rotatable bonds is 7. The molecule has 0 aliphatic carbocycles. The maximum absolute atomic E-state index is 13.9. The predicted molar refractivity (Wildman–Crippen MR) is 106 cm³/mol. The number of H-pyrrole nitrogens is 1. The monoisotopic (exact) mass is 422 g/mol. The first-order chi connectivity index (χ1) is 13.9. The van der Waals surface area contributed by atoms with E-state index in [1.54, 1.807) is 11.5 Å². The number of nitrogens with zero attached hydrogens (tertiary/aromatic N) is 3. The molecule has 0 saturated carbocycles. The molecule has 0 aliphatic heterocycles. The average molecular weight is 423 g/mol. The number of esters is 1. The molecule has 29 heavy (non-hydrogen) atoms. The van der Waals surface area contributed by atoms with Crippen LogP contribution in [0.5, 0.6) is 0 Å². The van der Waals surface area contributed by atoms with E-state index in [0.717, 1.165) is 18.9 Å². The Labute approximate surface area is 169 Å². The number of unbranched alkanes of at least 4 members (excludes halogenated alkanes) is 1. The number of hydrogen-bond donors (Lipinski definition) is 1. The zero-order valence-corrected chi connectivity index (χ0v) is 16.8. The quantitative estimate of drug-likeness (QED) is 0.590. The zero-order valence-electron chi connectivity index (χ0n) is 16.0. The van der Waals surface area contributed by atoms with Crippen LogP contribution in [0.2, 0.25) is 5.02 Å². The van der Waals surface area contributed by atoms with Crippen molar-refractivity contribution in [3.05, 3.63) is 61.3 Å². The molecule has 0 aliphatic rings. The molecule has 0 unspecified atom stereocenters. The minimum Gasteiger partial charge on any atom is -0.454 e. The van der Waals surface area contributed by atoms with E-state index in [2.05, 4.69) is 9.97 Å². The maximum Gasteiger partial charge on any atom is 0.343 e.